The summed E-state index contributed by atoms with van der Waals surface area (Å²) in [5.41, 5.74) is -0.288. The van der Waals surface area contributed by atoms with E-state index in [0.29, 0.717) is 13.0 Å². The molecule has 0 spiro atoms. The Morgan fingerprint density at radius 1 is 1.16 bits per heavy atom. The molecule has 136 valence electrons. The van der Waals surface area contributed by atoms with Crippen molar-refractivity contribution in [2.75, 3.05) is 19.7 Å². The van der Waals surface area contributed by atoms with Gasteiger partial charge in [0.1, 0.15) is 17.8 Å². The molecule has 1 unspecified atom stereocenters. The number of amides is 1. The number of carbonyl (C=O) groups excluding carboxylic acids is 3. The van der Waals surface area contributed by atoms with Crippen LogP contribution in [0.2, 0.25) is 0 Å². The average Bonchev–Trinajstić information content (AvgIpc) is 2.61. The van der Waals surface area contributed by atoms with E-state index in [9.17, 15) is 14.4 Å². The fraction of sp³-hybridized carbons (Fsp3) is 0.526. The highest BCUT2D eigenvalue weighted by atomic mass is 16.6. The van der Waals surface area contributed by atoms with Gasteiger partial charge in [-0.1, -0.05) is 30.3 Å². The van der Waals surface area contributed by atoms with E-state index in [4.69, 9.17) is 9.47 Å². The normalized spacial score (nSPS) is 21.2. The minimum absolute atomic E-state index is 0.122. The summed E-state index contributed by atoms with van der Waals surface area (Å²) in [7, 11) is 0. The molecular weight excluding hydrogens is 322 g/mol. The SMILES string of the molecule is CCOC(=O)C1(C)CCN(C(=O)OCc2ccccc2)CCCC1=O. The molecule has 0 saturated carbocycles. The molecular formula is C19H25NO5. The second kappa shape index (κ2) is 8.65. The van der Waals surface area contributed by atoms with E-state index in [1.807, 2.05) is 30.3 Å². The highest BCUT2D eigenvalue weighted by Gasteiger charge is 2.43. The zero-order valence-electron chi connectivity index (χ0n) is 14.8. The second-order valence-corrected chi connectivity index (χ2v) is 6.36. The Labute approximate surface area is 148 Å². The fourth-order valence-corrected chi connectivity index (χ4v) is 2.82. The summed E-state index contributed by atoms with van der Waals surface area (Å²) in [4.78, 5) is 38.5. The zero-order valence-corrected chi connectivity index (χ0v) is 14.8. The Morgan fingerprint density at radius 3 is 2.56 bits per heavy atom. The van der Waals surface area contributed by atoms with Crippen LogP contribution >= 0.6 is 0 Å². The maximum atomic E-state index is 12.4. The first kappa shape index (κ1) is 19.0. The van der Waals surface area contributed by atoms with Crippen LogP contribution in [0.15, 0.2) is 30.3 Å². The standard InChI is InChI=1S/C19H25NO5/c1-3-24-17(22)19(2)11-13-20(12-7-10-16(19)21)18(23)25-14-15-8-5-4-6-9-15/h4-6,8-9H,3,7,10-14H2,1-2H3. The molecule has 1 amide bonds. The molecule has 1 aromatic rings. The van der Waals surface area contributed by atoms with Crippen LogP contribution in [0.4, 0.5) is 4.79 Å². The van der Waals surface area contributed by atoms with Gasteiger partial charge in [-0.25, -0.2) is 4.79 Å². The van der Waals surface area contributed by atoms with Gasteiger partial charge in [-0.15, -0.1) is 0 Å². The Kier molecular flexibility index (Phi) is 6.56. The maximum Gasteiger partial charge on any atom is 0.410 e. The molecule has 0 aliphatic carbocycles. The minimum Gasteiger partial charge on any atom is -0.465 e. The molecule has 1 heterocycles. The Morgan fingerprint density at radius 2 is 1.88 bits per heavy atom. The lowest BCUT2D eigenvalue weighted by molar-refractivity contribution is -0.160. The van der Waals surface area contributed by atoms with Crippen LogP contribution < -0.4 is 0 Å². The van der Waals surface area contributed by atoms with Crippen LogP contribution in [0.3, 0.4) is 0 Å². The number of likely N-dealkylation sites (tertiary alicyclic amines) is 1. The fourth-order valence-electron chi connectivity index (χ4n) is 2.82. The molecule has 1 fully saturated rings. The molecule has 2 rings (SSSR count). The summed E-state index contributed by atoms with van der Waals surface area (Å²) in [6.45, 7) is 4.47. The molecule has 1 atom stereocenters. The maximum absolute atomic E-state index is 12.4. The number of carbonyl (C=O) groups is 3. The van der Waals surface area contributed by atoms with Crippen LogP contribution in [0.1, 0.15) is 38.7 Å². The molecule has 1 aromatic carbocycles. The number of ketones is 1. The molecule has 0 bridgehead atoms. The second-order valence-electron chi connectivity index (χ2n) is 6.36. The van der Waals surface area contributed by atoms with Crippen molar-refractivity contribution in [3.05, 3.63) is 35.9 Å². The molecule has 1 aliphatic heterocycles. The molecule has 0 aromatic heterocycles. The summed E-state index contributed by atoms with van der Waals surface area (Å²) < 4.78 is 10.4. The van der Waals surface area contributed by atoms with Crippen molar-refractivity contribution >= 4 is 17.8 Å². The Balaban J connectivity index is 1.97. The summed E-state index contributed by atoms with van der Waals surface area (Å²) >= 11 is 0. The van der Waals surface area contributed by atoms with Gasteiger partial charge in [0.05, 0.1) is 6.61 Å². The number of Topliss-reactive ketones (excluding diaryl/α,β-unsaturated/α-hetero) is 1. The predicted octanol–water partition coefficient (Wildman–Crippen LogP) is 2.95. The number of esters is 1. The number of hydrogen-bond donors (Lipinski definition) is 0. The molecule has 25 heavy (non-hydrogen) atoms. The number of nitrogens with zero attached hydrogens (tertiary/aromatic N) is 1. The lowest BCUT2D eigenvalue weighted by Gasteiger charge is -2.32. The Hall–Kier alpha value is -2.37. The number of hydrogen-bond acceptors (Lipinski definition) is 5. The number of benzene rings is 1. The van der Waals surface area contributed by atoms with Gasteiger partial charge in [0.15, 0.2) is 0 Å². The van der Waals surface area contributed by atoms with Crippen LogP contribution in [0.5, 0.6) is 0 Å². The molecule has 1 saturated heterocycles. The van der Waals surface area contributed by atoms with Crippen molar-refractivity contribution < 1.29 is 23.9 Å². The summed E-state index contributed by atoms with van der Waals surface area (Å²) in [5.74, 6) is -0.636. The van der Waals surface area contributed by atoms with E-state index < -0.39 is 17.5 Å². The monoisotopic (exact) mass is 347 g/mol. The van der Waals surface area contributed by atoms with Crippen LogP contribution in [-0.4, -0.2) is 42.4 Å². The molecule has 1 aliphatic rings. The van der Waals surface area contributed by atoms with E-state index in [1.165, 1.54) is 0 Å². The van der Waals surface area contributed by atoms with Gasteiger partial charge < -0.3 is 14.4 Å². The van der Waals surface area contributed by atoms with Gasteiger partial charge in [-0.3, -0.25) is 9.59 Å². The summed E-state index contributed by atoms with van der Waals surface area (Å²) in [5, 5.41) is 0. The van der Waals surface area contributed by atoms with E-state index in [0.717, 1.165) is 5.56 Å². The smallest absolute Gasteiger partial charge is 0.410 e. The Bertz CT molecular complexity index is 606. The third kappa shape index (κ3) is 4.81. The first-order valence-corrected chi connectivity index (χ1v) is 8.63. The van der Waals surface area contributed by atoms with E-state index in [2.05, 4.69) is 0 Å². The van der Waals surface area contributed by atoms with Gasteiger partial charge in [-0.05, 0) is 32.3 Å². The lowest BCUT2D eigenvalue weighted by atomic mass is 9.79. The molecule has 6 nitrogen and oxygen atoms in total. The third-order valence-electron chi connectivity index (χ3n) is 4.52. The highest BCUT2D eigenvalue weighted by molar-refractivity contribution is 6.03. The predicted molar refractivity (Wildman–Crippen MR) is 91.8 cm³/mol. The van der Waals surface area contributed by atoms with Crippen LogP contribution in [-0.2, 0) is 25.7 Å². The topological polar surface area (TPSA) is 72.9 Å². The zero-order chi connectivity index (χ0) is 18.3. The first-order valence-electron chi connectivity index (χ1n) is 8.63. The van der Waals surface area contributed by atoms with E-state index in [1.54, 1.807) is 18.7 Å². The quantitative estimate of drug-likeness (QED) is 0.618. The van der Waals surface area contributed by atoms with Gasteiger partial charge in [-0.2, -0.15) is 0 Å². The van der Waals surface area contributed by atoms with Crippen molar-refractivity contribution in [2.45, 2.75) is 39.7 Å². The lowest BCUT2D eigenvalue weighted by Crippen LogP contribution is -2.45. The van der Waals surface area contributed by atoms with Gasteiger partial charge in [0.2, 0.25) is 0 Å². The molecule has 0 radical (unpaired) electrons. The minimum atomic E-state index is -1.20. The van der Waals surface area contributed by atoms with Crippen molar-refractivity contribution in [3.63, 3.8) is 0 Å². The van der Waals surface area contributed by atoms with Gasteiger partial charge in [0.25, 0.3) is 0 Å². The van der Waals surface area contributed by atoms with Gasteiger partial charge in [0, 0.05) is 19.5 Å². The van der Waals surface area contributed by atoms with Crippen molar-refractivity contribution in [1.82, 2.24) is 4.90 Å². The molecule has 0 N–H and O–H groups in total. The highest BCUT2D eigenvalue weighted by Crippen LogP contribution is 2.29. The van der Waals surface area contributed by atoms with Crippen molar-refractivity contribution in [2.24, 2.45) is 5.41 Å². The van der Waals surface area contributed by atoms with Crippen molar-refractivity contribution in [1.29, 1.82) is 0 Å². The summed E-state index contributed by atoms with van der Waals surface area (Å²) in [6, 6.07) is 9.44. The molecule has 6 heteroatoms. The average molecular weight is 347 g/mol. The largest absolute Gasteiger partial charge is 0.465 e. The van der Waals surface area contributed by atoms with Crippen molar-refractivity contribution in [3.8, 4) is 0 Å². The van der Waals surface area contributed by atoms with Gasteiger partial charge >= 0.3 is 12.1 Å². The van der Waals surface area contributed by atoms with E-state index in [-0.39, 0.29) is 38.4 Å². The number of ether oxygens (including phenoxy) is 2. The third-order valence-corrected chi connectivity index (χ3v) is 4.52. The van der Waals surface area contributed by atoms with Crippen LogP contribution in [0, 0.1) is 5.41 Å². The van der Waals surface area contributed by atoms with E-state index >= 15 is 0 Å². The van der Waals surface area contributed by atoms with Crippen LogP contribution in [0.25, 0.3) is 0 Å². The first-order chi connectivity index (χ1) is 12.0. The summed E-state index contributed by atoms with van der Waals surface area (Å²) in [6.07, 6.45) is 0.571. The number of rotatable bonds is 4.